The highest BCUT2D eigenvalue weighted by Crippen LogP contribution is 2.26. The van der Waals surface area contributed by atoms with Gasteiger partial charge in [-0.3, -0.25) is 4.79 Å². The van der Waals surface area contributed by atoms with Crippen LogP contribution >= 0.6 is 0 Å². The number of hydrogen-bond acceptors (Lipinski definition) is 6. The summed E-state index contributed by atoms with van der Waals surface area (Å²) < 4.78 is 2.08. The largest absolute Gasteiger partial charge is 0.386 e. The van der Waals surface area contributed by atoms with Gasteiger partial charge in [-0.05, 0) is 51.8 Å². The van der Waals surface area contributed by atoms with Gasteiger partial charge in [0.25, 0.3) is 5.91 Å². The number of carbonyl (C=O) groups excluding carboxylic acids is 1. The molecule has 164 valence electrons. The minimum Gasteiger partial charge on any atom is -0.386 e. The van der Waals surface area contributed by atoms with E-state index in [-0.39, 0.29) is 12.5 Å². The number of likely N-dealkylation sites (N-methyl/N-ethyl adjacent to an activating group) is 1. The smallest absolute Gasteiger partial charge is 0.253 e. The molecule has 1 amide bonds. The quantitative estimate of drug-likeness (QED) is 0.680. The van der Waals surface area contributed by atoms with E-state index in [1.54, 1.807) is 18.3 Å². The Morgan fingerprint density at radius 1 is 1.26 bits per heavy atom. The maximum atomic E-state index is 13.1. The topological polar surface area (TPSA) is 87.4 Å². The Morgan fingerprint density at radius 3 is 2.81 bits per heavy atom. The Hall–Kier alpha value is -3.00. The molecule has 0 radical (unpaired) electrons. The second-order valence-corrected chi connectivity index (χ2v) is 8.88. The van der Waals surface area contributed by atoms with Gasteiger partial charge in [0, 0.05) is 43.5 Å². The van der Waals surface area contributed by atoms with E-state index >= 15 is 0 Å². The summed E-state index contributed by atoms with van der Waals surface area (Å²) in [4.78, 5) is 29.7. The van der Waals surface area contributed by atoms with Gasteiger partial charge in [-0.2, -0.15) is 0 Å². The standard InChI is InChI=1S/C23H30N6O2/c1-16(2)29-15-26-19-11-18(6-7-20(19)29)22(30)27(4)12-23(31)8-5-9-28(13-23)21-10-17(3)24-14-25-21/h6-7,10-11,14-16,31H,5,8-9,12-13H2,1-4H3/t23-/m0/s1. The highest BCUT2D eigenvalue weighted by atomic mass is 16.3. The Morgan fingerprint density at radius 2 is 2.06 bits per heavy atom. The molecule has 1 N–H and O–H groups in total. The number of nitrogens with zero attached hydrogens (tertiary/aromatic N) is 6. The van der Waals surface area contributed by atoms with Gasteiger partial charge >= 0.3 is 0 Å². The first-order chi connectivity index (χ1) is 14.8. The SMILES string of the molecule is Cc1cc(N2CCC[C@](O)(CN(C)C(=O)c3ccc4c(c3)ncn4C(C)C)C2)ncn1. The lowest BCUT2D eigenvalue weighted by atomic mass is 9.92. The molecule has 8 heteroatoms. The van der Waals surface area contributed by atoms with Gasteiger partial charge in [0.1, 0.15) is 12.1 Å². The normalized spacial score (nSPS) is 19.2. The molecule has 1 atom stereocenters. The van der Waals surface area contributed by atoms with Gasteiger partial charge in [-0.1, -0.05) is 0 Å². The molecule has 0 saturated carbocycles. The lowest BCUT2D eigenvalue weighted by Crippen LogP contribution is -2.54. The number of hydrogen-bond donors (Lipinski definition) is 1. The predicted molar refractivity (Wildman–Crippen MR) is 120 cm³/mol. The van der Waals surface area contributed by atoms with E-state index in [1.807, 2.05) is 37.5 Å². The van der Waals surface area contributed by atoms with Crippen LogP contribution in [-0.2, 0) is 0 Å². The van der Waals surface area contributed by atoms with Gasteiger partial charge in [-0.25, -0.2) is 15.0 Å². The van der Waals surface area contributed by atoms with Gasteiger partial charge in [0.15, 0.2) is 0 Å². The minimum atomic E-state index is -0.995. The molecule has 0 unspecified atom stereocenters. The summed E-state index contributed by atoms with van der Waals surface area (Å²) >= 11 is 0. The van der Waals surface area contributed by atoms with Crippen molar-refractivity contribution in [1.82, 2.24) is 24.4 Å². The molecule has 2 aromatic heterocycles. The van der Waals surface area contributed by atoms with E-state index in [4.69, 9.17) is 0 Å². The highest BCUT2D eigenvalue weighted by Gasteiger charge is 2.36. The molecule has 1 fully saturated rings. The van der Waals surface area contributed by atoms with Crippen molar-refractivity contribution in [1.29, 1.82) is 0 Å². The predicted octanol–water partition coefficient (Wildman–Crippen LogP) is 2.82. The van der Waals surface area contributed by atoms with E-state index in [0.29, 0.717) is 24.6 Å². The lowest BCUT2D eigenvalue weighted by molar-refractivity contribution is -0.000136. The zero-order valence-corrected chi connectivity index (χ0v) is 18.6. The first-order valence-corrected chi connectivity index (χ1v) is 10.7. The molecule has 1 saturated heterocycles. The summed E-state index contributed by atoms with van der Waals surface area (Å²) in [6, 6.07) is 7.83. The van der Waals surface area contributed by atoms with Crippen LogP contribution in [-0.4, -0.2) is 67.7 Å². The number of benzene rings is 1. The molecule has 1 aromatic carbocycles. The van der Waals surface area contributed by atoms with Crippen LogP contribution in [0.3, 0.4) is 0 Å². The molecule has 1 aliphatic rings. The van der Waals surface area contributed by atoms with Crippen LogP contribution in [0.25, 0.3) is 11.0 Å². The molecular weight excluding hydrogens is 392 g/mol. The Balaban J connectivity index is 1.48. The summed E-state index contributed by atoms with van der Waals surface area (Å²) in [5.41, 5.74) is 2.28. The van der Waals surface area contributed by atoms with Crippen molar-refractivity contribution in [2.75, 3.05) is 31.6 Å². The molecule has 3 aromatic rings. The Bertz CT molecular complexity index is 1090. The van der Waals surface area contributed by atoms with Crippen molar-refractivity contribution in [2.45, 2.75) is 45.3 Å². The number of carbonyl (C=O) groups is 1. The second kappa shape index (κ2) is 8.26. The van der Waals surface area contributed by atoms with Crippen molar-refractivity contribution in [3.63, 3.8) is 0 Å². The van der Waals surface area contributed by atoms with Crippen LogP contribution in [0.1, 0.15) is 48.8 Å². The summed E-state index contributed by atoms with van der Waals surface area (Å²) in [7, 11) is 1.74. The molecule has 1 aliphatic heterocycles. The summed E-state index contributed by atoms with van der Waals surface area (Å²) in [6.07, 6.45) is 4.83. The van der Waals surface area contributed by atoms with Crippen LogP contribution in [0.15, 0.2) is 36.9 Å². The third kappa shape index (κ3) is 4.39. The third-order valence-electron chi connectivity index (χ3n) is 5.92. The number of anilines is 1. The number of fused-ring (bicyclic) bond motifs is 1. The maximum Gasteiger partial charge on any atom is 0.253 e. The van der Waals surface area contributed by atoms with E-state index in [9.17, 15) is 9.90 Å². The first kappa shape index (κ1) is 21.2. The number of aromatic nitrogens is 4. The Kier molecular flexibility index (Phi) is 5.66. The molecule has 31 heavy (non-hydrogen) atoms. The minimum absolute atomic E-state index is 0.121. The van der Waals surface area contributed by atoms with Crippen LogP contribution in [0.2, 0.25) is 0 Å². The number of amides is 1. The van der Waals surface area contributed by atoms with Crippen molar-refractivity contribution >= 4 is 22.8 Å². The Labute approximate surface area is 182 Å². The van der Waals surface area contributed by atoms with E-state index in [0.717, 1.165) is 35.5 Å². The molecule has 0 bridgehead atoms. The molecular formula is C23H30N6O2. The van der Waals surface area contributed by atoms with Crippen molar-refractivity contribution < 1.29 is 9.90 Å². The van der Waals surface area contributed by atoms with Gasteiger partial charge in [-0.15, -0.1) is 0 Å². The zero-order chi connectivity index (χ0) is 22.2. The van der Waals surface area contributed by atoms with E-state index < -0.39 is 5.60 Å². The average molecular weight is 423 g/mol. The zero-order valence-electron chi connectivity index (χ0n) is 18.6. The van der Waals surface area contributed by atoms with Crippen molar-refractivity contribution in [3.05, 3.63) is 48.2 Å². The molecule has 0 aliphatic carbocycles. The number of aryl methyl sites for hydroxylation is 1. The fourth-order valence-electron chi connectivity index (χ4n) is 4.36. The fraction of sp³-hybridized carbons (Fsp3) is 0.478. The van der Waals surface area contributed by atoms with Crippen molar-refractivity contribution in [3.8, 4) is 0 Å². The maximum absolute atomic E-state index is 13.1. The molecule has 3 heterocycles. The van der Waals surface area contributed by atoms with Crippen LogP contribution < -0.4 is 4.90 Å². The molecule has 0 spiro atoms. The summed E-state index contributed by atoms with van der Waals surface area (Å²) in [5, 5.41) is 11.3. The van der Waals surface area contributed by atoms with E-state index in [1.165, 1.54) is 0 Å². The lowest BCUT2D eigenvalue weighted by Gasteiger charge is -2.41. The number of piperidine rings is 1. The van der Waals surface area contributed by atoms with Crippen LogP contribution in [0.4, 0.5) is 5.82 Å². The van der Waals surface area contributed by atoms with Crippen LogP contribution in [0, 0.1) is 6.92 Å². The number of aliphatic hydroxyl groups is 1. The van der Waals surface area contributed by atoms with E-state index in [2.05, 4.69) is 38.3 Å². The number of rotatable bonds is 5. The number of imidazole rings is 1. The fourth-order valence-corrected chi connectivity index (χ4v) is 4.36. The van der Waals surface area contributed by atoms with Gasteiger partial charge in [0.05, 0.1) is 29.5 Å². The van der Waals surface area contributed by atoms with Crippen LogP contribution in [0.5, 0.6) is 0 Å². The molecule has 4 rings (SSSR count). The van der Waals surface area contributed by atoms with Gasteiger partial charge in [0.2, 0.25) is 0 Å². The summed E-state index contributed by atoms with van der Waals surface area (Å²) in [5.74, 6) is 0.690. The second-order valence-electron chi connectivity index (χ2n) is 8.88. The highest BCUT2D eigenvalue weighted by molar-refractivity contribution is 5.97. The van der Waals surface area contributed by atoms with Crippen molar-refractivity contribution in [2.24, 2.45) is 0 Å². The van der Waals surface area contributed by atoms with Gasteiger partial charge < -0.3 is 19.5 Å². The third-order valence-corrected chi connectivity index (χ3v) is 5.92. The first-order valence-electron chi connectivity index (χ1n) is 10.7. The number of β-amino-alcohol motifs (C(OH)–C–C–N with tert-alkyl or cyclic N) is 1. The summed E-state index contributed by atoms with van der Waals surface area (Å²) in [6.45, 7) is 7.64. The average Bonchev–Trinajstić information content (AvgIpc) is 3.16. The monoisotopic (exact) mass is 422 g/mol. The molecule has 8 nitrogen and oxygen atoms in total.